The summed E-state index contributed by atoms with van der Waals surface area (Å²) in [4.78, 5) is 0. The Morgan fingerprint density at radius 2 is 1.07 bits per heavy atom. The Morgan fingerprint density at radius 1 is 0.667 bits per heavy atom. The topological polar surface area (TPSA) is 18.5 Å². The van der Waals surface area contributed by atoms with E-state index in [9.17, 15) is 0 Å². The van der Waals surface area contributed by atoms with Crippen molar-refractivity contribution >= 4 is 18.9 Å². The Bertz CT molecular complexity index is 670. The molecule has 0 aliphatic heterocycles. The first-order valence-electron chi connectivity index (χ1n) is 9.83. The summed E-state index contributed by atoms with van der Waals surface area (Å²) < 4.78 is 13.9. The standard InChI is InChI=1S/C24H36O2Si/c1-22(2,3)19-25-27(20-15-11-9-12-16-20,21-17-13-10-14-18-21)26-24(7,8)23(4,5)6/h9-18H,19H2,1-8H3. The van der Waals surface area contributed by atoms with Crippen LogP contribution in [0, 0.1) is 10.8 Å². The Kier molecular flexibility index (Phi) is 6.40. The summed E-state index contributed by atoms with van der Waals surface area (Å²) in [5.41, 5.74) is -0.334. The molecule has 0 aliphatic rings. The van der Waals surface area contributed by atoms with Gasteiger partial charge in [0, 0.05) is 6.61 Å². The molecule has 3 heteroatoms. The van der Waals surface area contributed by atoms with E-state index in [1.54, 1.807) is 0 Å². The van der Waals surface area contributed by atoms with Crippen LogP contribution in [-0.4, -0.2) is 20.8 Å². The van der Waals surface area contributed by atoms with Gasteiger partial charge in [0.25, 0.3) is 0 Å². The largest absolute Gasteiger partial charge is 0.407 e. The zero-order valence-corrected chi connectivity index (χ0v) is 19.3. The molecule has 2 nitrogen and oxygen atoms in total. The first-order chi connectivity index (χ1) is 12.4. The van der Waals surface area contributed by atoms with Crippen LogP contribution in [-0.2, 0) is 8.85 Å². The van der Waals surface area contributed by atoms with Crippen molar-refractivity contribution in [3.05, 3.63) is 60.7 Å². The summed E-state index contributed by atoms with van der Waals surface area (Å²) in [5.74, 6) is 0. The lowest BCUT2D eigenvalue weighted by atomic mass is 9.79. The molecule has 0 fully saturated rings. The van der Waals surface area contributed by atoms with Gasteiger partial charge in [-0.3, -0.25) is 0 Å². The van der Waals surface area contributed by atoms with Crippen LogP contribution in [0.1, 0.15) is 55.4 Å². The first-order valence-corrected chi connectivity index (χ1v) is 11.6. The Morgan fingerprint density at radius 3 is 1.41 bits per heavy atom. The molecule has 0 saturated carbocycles. The summed E-state index contributed by atoms with van der Waals surface area (Å²) in [5, 5.41) is 2.30. The lowest BCUT2D eigenvalue weighted by Crippen LogP contribution is -2.68. The van der Waals surface area contributed by atoms with Crippen molar-refractivity contribution in [3.8, 4) is 0 Å². The van der Waals surface area contributed by atoms with Crippen LogP contribution in [0.2, 0.25) is 0 Å². The zero-order valence-electron chi connectivity index (χ0n) is 18.3. The molecule has 0 spiro atoms. The number of rotatable bonds is 6. The lowest BCUT2D eigenvalue weighted by Gasteiger charge is -2.46. The second-order valence-electron chi connectivity index (χ2n) is 10.1. The van der Waals surface area contributed by atoms with Crippen molar-refractivity contribution in [2.24, 2.45) is 10.8 Å². The van der Waals surface area contributed by atoms with Gasteiger partial charge in [0.05, 0.1) is 5.60 Å². The fraction of sp³-hybridized carbons (Fsp3) is 0.500. The molecule has 0 saturated heterocycles. The van der Waals surface area contributed by atoms with Crippen LogP contribution in [0.5, 0.6) is 0 Å². The van der Waals surface area contributed by atoms with Crippen molar-refractivity contribution in [1.29, 1.82) is 0 Å². The molecule has 148 valence electrons. The van der Waals surface area contributed by atoms with Gasteiger partial charge in [0.15, 0.2) is 0 Å². The normalized spacial score (nSPS) is 13.6. The van der Waals surface area contributed by atoms with E-state index in [1.165, 1.54) is 0 Å². The Hall–Kier alpha value is -1.42. The third kappa shape index (κ3) is 5.31. The monoisotopic (exact) mass is 384 g/mol. The first kappa shape index (κ1) is 21.9. The molecule has 2 aromatic carbocycles. The van der Waals surface area contributed by atoms with E-state index in [0.29, 0.717) is 6.61 Å². The van der Waals surface area contributed by atoms with Gasteiger partial charge in [0.1, 0.15) is 0 Å². The van der Waals surface area contributed by atoms with Crippen molar-refractivity contribution in [2.75, 3.05) is 6.61 Å². The van der Waals surface area contributed by atoms with Crippen molar-refractivity contribution in [3.63, 3.8) is 0 Å². The molecule has 0 N–H and O–H groups in total. The van der Waals surface area contributed by atoms with E-state index in [1.807, 2.05) is 12.1 Å². The highest BCUT2D eigenvalue weighted by molar-refractivity contribution is 6.92. The van der Waals surface area contributed by atoms with Crippen molar-refractivity contribution < 1.29 is 8.85 Å². The second-order valence-corrected chi connectivity index (χ2v) is 12.9. The third-order valence-electron chi connectivity index (χ3n) is 5.22. The van der Waals surface area contributed by atoms with Gasteiger partial charge in [-0.1, -0.05) is 102 Å². The van der Waals surface area contributed by atoms with Crippen LogP contribution in [0.15, 0.2) is 60.7 Å². The van der Waals surface area contributed by atoms with Gasteiger partial charge in [-0.05, 0) is 35.1 Å². The van der Waals surface area contributed by atoms with E-state index in [-0.39, 0.29) is 16.4 Å². The fourth-order valence-electron chi connectivity index (χ4n) is 2.63. The molecule has 2 rings (SSSR count). The van der Waals surface area contributed by atoms with E-state index in [0.717, 1.165) is 10.4 Å². The number of benzene rings is 2. The minimum Gasteiger partial charge on any atom is -0.387 e. The zero-order chi connectivity index (χ0) is 20.3. The average Bonchev–Trinajstić information content (AvgIpc) is 2.58. The molecule has 0 heterocycles. The maximum atomic E-state index is 7.07. The maximum Gasteiger partial charge on any atom is 0.407 e. The SMILES string of the molecule is CC(C)(C)CO[Si](OC(C)(C)C(C)(C)C)(c1ccccc1)c1ccccc1. The molecule has 0 atom stereocenters. The third-order valence-corrected chi connectivity index (χ3v) is 8.76. The molecule has 2 aromatic rings. The van der Waals surface area contributed by atoms with Gasteiger partial charge in [0.2, 0.25) is 0 Å². The number of hydrogen-bond donors (Lipinski definition) is 0. The summed E-state index contributed by atoms with van der Waals surface area (Å²) in [6, 6.07) is 21.0. The fourth-order valence-corrected chi connectivity index (χ4v) is 6.51. The smallest absolute Gasteiger partial charge is 0.387 e. The van der Waals surface area contributed by atoms with Gasteiger partial charge in [-0.25, -0.2) is 0 Å². The van der Waals surface area contributed by atoms with Crippen LogP contribution in [0.3, 0.4) is 0 Å². The highest BCUT2D eigenvalue weighted by atomic mass is 28.4. The highest BCUT2D eigenvalue weighted by Gasteiger charge is 2.50. The summed E-state index contributed by atoms with van der Waals surface area (Å²) >= 11 is 0. The van der Waals surface area contributed by atoms with E-state index in [4.69, 9.17) is 8.85 Å². The minimum absolute atomic E-state index is 0.0279. The van der Waals surface area contributed by atoms with E-state index < -0.39 is 8.56 Å². The maximum absolute atomic E-state index is 7.07. The minimum atomic E-state index is -2.90. The predicted molar refractivity (Wildman–Crippen MR) is 118 cm³/mol. The van der Waals surface area contributed by atoms with Crippen LogP contribution >= 0.6 is 0 Å². The van der Waals surface area contributed by atoms with E-state index >= 15 is 0 Å². The Balaban J connectivity index is 2.66. The highest BCUT2D eigenvalue weighted by Crippen LogP contribution is 2.36. The van der Waals surface area contributed by atoms with E-state index in [2.05, 4.69) is 104 Å². The predicted octanol–water partition coefficient (Wildman–Crippen LogP) is 5.15. The van der Waals surface area contributed by atoms with Gasteiger partial charge < -0.3 is 8.85 Å². The van der Waals surface area contributed by atoms with Crippen LogP contribution in [0.25, 0.3) is 0 Å². The van der Waals surface area contributed by atoms with Crippen molar-refractivity contribution in [2.45, 2.75) is 61.0 Å². The molecule has 0 bridgehead atoms. The molecule has 0 aliphatic carbocycles. The number of hydrogen-bond acceptors (Lipinski definition) is 2. The molecule has 0 radical (unpaired) electrons. The summed E-state index contributed by atoms with van der Waals surface area (Å²) in [7, 11) is -2.90. The van der Waals surface area contributed by atoms with Crippen molar-refractivity contribution in [1.82, 2.24) is 0 Å². The summed E-state index contributed by atoms with van der Waals surface area (Å²) in [6.45, 7) is 18.3. The molecular weight excluding hydrogens is 348 g/mol. The molecular formula is C24H36O2Si. The van der Waals surface area contributed by atoms with Crippen LogP contribution in [0.4, 0.5) is 0 Å². The van der Waals surface area contributed by atoms with Gasteiger partial charge in [-0.15, -0.1) is 0 Å². The quantitative estimate of drug-likeness (QED) is 0.642. The van der Waals surface area contributed by atoms with Crippen LogP contribution < -0.4 is 10.4 Å². The van der Waals surface area contributed by atoms with Gasteiger partial charge in [-0.2, -0.15) is 0 Å². The molecule has 27 heavy (non-hydrogen) atoms. The second kappa shape index (κ2) is 7.90. The van der Waals surface area contributed by atoms with Gasteiger partial charge >= 0.3 is 8.56 Å². The molecule has 0 unspecified atom stereocenters. The molecule has 0 aromatic heterocycles. The Labute approximate surface area is 167 Å². The lowest BCUT2D eigenvalue weighted by molar-refractivity contribution is -0.0297. The average molecular weight is 385 g/mol. The summed E-state index contributed by atoms with van der Waals surface area (Å²) in [6.07, 6.45) is 0. The molecule has 0 amide bonds.